The summed E-state index contributed by atoms with van der Waals surface area (Å²) in [6.07, 6.45) is -3.11. The van der Waals surface area contributed by atoms with Crippen molar-refractivity contribution in [2.24, 2.45) is 0 Å². The number of carbonyl (C=O) groups is 1. The van der Waals surface area contributed by atoms with Gasteiger partial charge in [0.25, 0.3) is 6.43 Å². The van der Waals surface area contributed by atoms with Crippen LogP contribution in [0.4, 0.5) is 13.2 Å². The Hall–Kier alpha value is -2.31. The number of aryl methyl sites for hydroxylation is 1. The number of hydrogen-bond donors (Lipinski definition) is 1. The van der Waals surface area contributed by atoms with E-state index in [1.165, 1.54) is 25.1 Å². The van der Waals surface area contributed by atoms with Crippen LogP contribution in [0.3, 0.4) is 0 Å². The lowest BCUT2D eigenvalue weighted by molar-refractivity contribution is 0.0646. The summed E-state index contributed by atoms with van der Waals surface area (Å²) in [5.74, 6) is -3.83. The molecule has 2 rings (SSSR count). The molecular formula is C12H8F3NO3. The van der Waals surface area contributed by atoms with Crippen LogP contribution in [0.1, 0.15) is 28.2 Å². The Morgan fingerprint density at radius 2 is 2.11 bits per heavy atom. The van der Waals surface area contributed by atoms with E-state index in [2.05, 4.69) is 4.98 Å². The van der Waals surface area contributed by atoms with E-state index in [1.54, 1.807) is 0 Å². The molecule has 7 heteroatoms. The quantitative estimate of drug-likeness (QED) is 0.928. The molecule has 0 unspecified atom stereocenters. The van der Waals surface area contributed by atoms with Gasteiger partial charge in [0.1, 0.15) is 5.82 Å². The van der Waals surface area contributed by atoms with Gasteiger partial charge in [-0.1, -0.05) is 12.1 Å². The van der Waals surface area contributed by atoms with E-state index in [0.717, 1.165) is 0 Å². The van der Waals surface area contributed by atoms with Crippen molar-refractivity contribution in [1.29, 1.82) is 0 Å². The van der Waals surface area contributed by atoms with Crippen molar-refractivity contribution in [2.45, 2.75) is 13.3 Å². The zero-order valence-electron chi connectivity index (χ0n) is 9.65. The highest BCUT2D eigenvalue weighted by molar-refractivity contribution is 5.86. The fourth-order valence-electron chi connectivity index (χ4n) is 1.56. The van der Waals surface area contributed by atoms with Gasteiger partial charge in [0.2, 0.25) is 11.7 Å². The number of carboxylic acids is 1. The third-order valence-electron chi connectivity index (χ3n) is 2.48. The Kier molecular flexibility index (Phi) is 3.28. The van der Waals surface area contributed by atoms with Crippen LogP contribution in [0.2, 0.25) is 0 Å². The molecule has 0 saturated heterocycles. The maximum absolute atomic E-state index is 13.8. The highest BCUT2D eigenvalue weighted by Crippen LogP contribution is 2.30. The molecule has 1 N–H and O–H groups in total. The second-order valence-corrected chi connectivity index (χ2v) is 3.78. The topological polar surface area (TPSA) is 63.3 Å². The maximum Gasteiger partial charge on any atom is 0.374 e. The monoisotopic (exact) mass is 271 g/mol. The lowest BCUT2D eigenvalue weighted by Gasteiger charge is -2.00. The fourth-order valence-corrected chi connectivity index (χ4v) is 1.56. The third kappa shape index (κ3) is 2.31. The summed E-state index contributed by atoms with van der Waals surface area (Å²) in [5, 5.41) is 8.74. The van der Waals surface area contributed by atoms with E-state index in [-0.39, 0.29) is 11.1 Å². The zero-order chi connectivity index (χ0) is 14.2. The number of aromatic carboxylic acids is 1. The molecule has 1 aromatic carbocycles. The number of hydrogen-bond acceptors (Lipinski definition) is 3. The highest BCUT2D eigenvalue weighted by Gasteiger charge is 2.27. The van der Waals surface area contributed by atoms with Crippen LogP contribution in [0.15, 0.2) is 22.6 Å². The Morgan fingerprint density at radius 1 is 1.42 bits per heavy atom. The predicted molar refractivity (Wildman–Crippen MR) is 58.6 cm³/mol. The van der Waals surface area contributed by atoms with Crippen LogP contribution in [0, 0.1) is 12.7 Å². The fraction of sp³-hybridized carbons (Fsp3) is 0.167. The van der Waals surface area contributed by atoms with Crippen LogP contribution >= 0.6 is 0 Å². The van der Waals surface area contributed by atoms with Crippen molar-refractivity contribution in [3.63, 3.8) is 0 Å². The number of benzene rings is 1. The van der Waals surface area contributed by atoms with Gasteiger partial charge < -0.3 is 9.52 Å². The minimum Gasteiger partial charge on any atom is -0.475 e. The summed E-state index contributed by atoms with van der Waals surface area (Å²) in [5.41, 5.74) is -0.899. The second kappa shape index (κ2) is 4.75. The van der Waals surface area contributed by atoms with Gasteiger partial charge in [-0.25, -0.2) is 22.9 Å². The summed E-state index contributed by atoms with van der Waals surface area (Å²) in [4.78, 5) is 14.1. The normalized spacial score (nSPS) is 11.0. The molecule has 0 atom stereocenters. The van der Waals surface area contributed by atoms with E-state index in [0.29, 0.717) is 0 Å². The average Bonchev–Trinajstić information content (AvgIpc) is 2.77. The van der Waals surface area contributed by atoms with Crippen LogP contribution in [-0.2, 0) is 0 Å². The number of alkyl halides is 2. The van der Waals surface area contributed by atoms with Crippen molar-refractivity contribution >= 4 is 5.97 Å². The number of aromatic nitrogens is 1. The van der Waals surface area contributed by atoms with Crippen molar-refractivity contribution < 1.29 is 27.5 Å². The predicted octanol–water partition coefficient (Wildman–Crippen LogP) is 3.42. The molecule has 0 saturated carbocycles. The number of oxazole rings is 1. The molecule has 1 aromatic heterocycles. The number of carboxylic acid groups (broad SMARTS) is 1. The molecule has 1 heterocycles. The van der Waals surface area contributed by atoms with Crippen LogP contribution < -0.4 is 0 Å². The average molecular weight is 271 g/mol. The van der Waals surface area contributed by atoms with Crippen LogP contribution in [0.5, 0.6) is 0 Å². The first-order valence-corrected chi connectivity index (χ1v) is 5.19. The SMILES string of the molecule is Cc1cccc(-c2nc(C(F)F)c(C(=O)O)o2)c1F. The van der Waals surface area contributed by atoms with Crippen molar-refractivity contribution in [3.8, 4) is 11.5 Å². The molecule has 0 amide bonds. The highest BCUT2D eigenvalue weighted by atomic mass is 19.3. The standard InChI is InChI=1S/C12H8F3NO3/c1-5-3-2-4-6(7(5)13)11-16-8(10(14)15)9(19-11)12(17)18/h2-4,10H,1H3,(H,17,18). The van der Waals surface area contributed by atoms with Crippen molar-refractivity contribution in [1.82, 2.24) is 4.98 Å². The Balaban J connectivity index is 2.61. The minimum atomic E-state index is -3.11. The lowest BCUT2D eigenvalue weighted by atomic mass is 10.1. The van der Waals surface area contributed by atoms with Crippen molar-refractivity contribution in [3.05, 3.63) is 41.0 Å². The van der Waals surface area contributed by atoms with Gasteiger partial charge in [0.15, 0.2) is 5.69 Å². The molecule has 2 aromatic rings. The minimum absolute atomic E-state index is 0.158. The lowest BCUT2D eigenvalue weighted by Crippen LogP contribution is -1.99. The van der Waals surface area contributed by atoms with E-state index >= 15 is 0 Å². The molecule has 100 valence electrons. The molecule has 0 aliphatic heterocycles. The molecular weight excluding hydrogens is 263 g/mol. The van der Waals surface area contributed by atoms with Gasteiger partial charge in [-0.05, 0) is 18.6 Å². The molecule has 4 nitrogen and oxygen atoms in total. The van der Waals surface area contributed by atoms with E-state index < -0.39 is 35.6 Å². The molecule has 19 heavy (non-hydrogen) atoms. The summed E-state index contributed by atoms with van der Waals surface area (Å²) in [6.45, 7) is 1.48. The first kappa shape index (κ1) is 13.1. The summed E-state index contributed by atoms with van der Waals surface area (Å²) < 4.78 is 43.8. The van der Waals surface area contributed by atoms with Gasteiger partial charge >= 0.3 is 5.97 Å². The smallest absolute Gasteiger partial charge is 0.374 e. The Labute approximate surface area is 105 Å². The first-order valence-electron chi connectivity index (χ1n) is 5.19. The van der Waals surface area contributed by atoms with Gasteiger partial charge in [0.05, 0.1) is 5.56 Å². The van der Waals surface area contributed by atoms with Gasteiger partial charge in [-0.2, -0.15) is 0 Å². The number of halogens is 3. The maximum atomic E-state index is 13.8. The molecule has 0 spiro atoms. The molecule has 0 radical (unpaired) electrons. The molecule has 0 aliphatic rings. The van der Waals surface area contributed by atoms with Gasteiger partial charge in [-0.3, -0.25) is 0 Å². The largest absolute Gasteiger partial charge is 0.475 e. The first-order chi connectivity index (χ1) is 8.91. The van der Waals surface area contributed by atoms with E-state index in [1.807, 2.05) is 0 Å². The number of rotatable bonds is 3. The van der Waals surface area contributed by atoms with Gasteiger partial charge in [-0.15, -0.1) is 0 Å². The summed E-state index contributed by atoms with van der Waals surface area (Å²) >= 11 is 0. The molecule has 0 bridgehead atoms. The number of nitrogens with zero attached hydrogens (tertiary/aromatic N) is 1. The summed E-state index contributed by atoms with van der Waals surface area (Å²) in [6, 6.07) is 4.24. The van der Waals surface area contributed by atoms with Gasteiger partial charge in [0, 0.05) is 0 Å². The molecule has 0 fully saturated rings. The molecule has 0 aliphatic carbocycles. The van der Waals surface area contributed by atoms with E-state index in [9.17, 15) is 18.0 Å². The Morgan fingerprint density at radius 3 is 2.63 bits per heavy atom. The van der Waals surface area contributed by atoms with Crippen molar-refractivity contribution in [2.75, 3.05) is 0 Å². The second-order valence-electron chi connectivity index (χ2n) is 3.78. The third-order valence-corrected chi connectivity index (χ3v) is 2.48. The summed E-state index contributed by atoms with van der Waals surface area (Å²) in [7, 11) is 0. The van der Waals surface area contributed by atoms with E-state index in [4.69, 9.17) is 9.52 Å². The Bertz CT molecular complexity index is 637. The van der Waals surface area contributed by atoms with Crippen LogP contribution in [0.25, 0.3) is 11.5 Å². The zero-order valence-corrected chi connectivity index (χ0v) is 9.65. The van der Waals surface area contributed by atoms with Crippen LogP contribution in [-0.4, -0.2) is 16.1 Å².